The predicted molar refractivity (Wildman–Crippen MR) is 205 cm³/mol. The van der Waals surface area contributed by atoms with Gasteiger partial charge in [-0.1, -0.05) is 58.0 Å². The smallest absolute Gasteiger partial charge is 0.312 e. The molecule has 3 aliphatic carbocycles. The summed E-state index contributed by atoms with van der Waals surface area (Å²) in [5.41, 5.74) is -7.10. The zero-order valence-corrected chi connectivity index (χ0v) is 35.3. The van der Waals surface area contributed by atoms with E-state index in [9.17, 15) is 34.2 Å². The van der Waals surface area contributed by atoms with E-state index in [-0.39, 0.29) is 56.1 Å². The van der Waals surface area contributed by atoms with Crippen LogP contribution in [0.1, 0.15) is 140 Å². The second-order valence-corrected chi connectivity index (χ2v) is 19.8. The monoisotopic (exact) mass is 770 g/mol. The van der Waals surface area contributed by atoms with Crippen LogP contribution < -0.4 is 0 Å². The topological polar surface area (TPSA) is 163 Å². The van der Waals surface area contributed by atoms with Crippen molar-refractivity contribution in [3.8, 4) is 0 Å². The number of fused-ring (bicyclic) bond motifs is 1. The maximum atomic E-state index is 14.9. The Morgan fingerprint density at radius 3 is 1.85 bits per heavy atom. The van der Waals surface area contributed by atoms with E-state index in [1.807, 2.05) is 30.3 Å². The minimum absolute atomic E-state index is 0.0864. The van der Waals surface area contributed by atoms with E-state index in [4.69, 9.17) is 18.9 Å². The van der Waals surface area contributed by atoms with Crippen LogP contribution in [0.25, 0.3) is 0 Å². The first-order valence-corrected chi connectivity index (χ1v) is 19.9. The maximum Gasteiger partial charge on any atom is 0.312 e. The number of carboxylic acids is 1. The second-order valence-electron chi connectivity index (χ2n) is 19.8. The molecule has 3 saturated carbocycles. The van der Waals surface area contributed by atoms with Crippen molar-refractivity contribution in [2.45, 2.75) is 158 Å². The van der Waals surface area contributed by atoms with Crippen LogP contribution in [0, 0.1) is 44.3 Å². The Hall–Kier alpha value is -3.47. The van der Waals surface area contributed by atoms with Crippen LogP contribution in [0.2, 0.25) is 0 Å². The van der Waals surface area contributed by atoms with Gasteiger partial charge in [0.1, 0.15) is 24.4 Å². The quantitative estimate of drug-likeness (QED) is 0.104. The summed E-state index contributed by atoms with van der Waals surface area (Å²) in [4.78, 5) is 69.8. The number of carbonyl (C=O) groups excluding carboxylic acids is 4. The number of aliphatic hydroxyl groups excluding tert-OH is 1. The zero-order valence-electron chi connectivity index (χ0n) is 35.3. The van der Waals surface area contributed by atoms with Crippen LogP contribution in [-0.4, -0.2) is 64.0 Å². The van der Waals surface area contributed by atoms with Gasteiger partial charge in [0.25, 0.3) is 0 Å². The Labute approximate surface area is 327 Å². The minimum Gasteiger partial charge on any atom is -0.481 e. The van der Waals surface area contributed by atoms with Gasteiger partial charge in [0.15, 0.2) is 0 Å². The molecule has 0 aliphatic heterocycles. The van der Waals surface area contributed by atoms with Gasteiger partial charge in [0.05, 0.1) is 33.7 Å². The molecule has 0 spiro atoms. The summed E-state index contributed by atoms with van der Waals surface area (Å²) >= 11 is 0. The molecule has 3 fully saturated rings. The third-order valence-electron chi connectivity index (χ3n) is 13.8. The van der Waals surface area contributed by atoms with Gasteiger partial charge in [-0.15, -0.1) is 0 Å². The number of esters is 4. The first kappa shape index (κ1) is 44.2. The van der Waals surface area contributed by atoms with Crippen molar-refractivity contribution in [1.29, 1.82) is 0 Å². The molecule has 10 unspecified atom stereocenters. The van der Waals surface area contributed by atoms with Crippen LogP contribution in [0.15, 0.2) is 30.3 Å². The Morgan fingerprint density at radius 1 is 0.818 bits per heavy atom. The Bertz CT molecular complexity index is 1620. The van der Waals surface area contributed by atoms with Crippen molar-refractivity contribution < 1.29 is 53.1 Å². The van der Waals surface area contributed by atoms with E-state index < -0.39 is 74.7 Å². The van der Waals surface area contributed by atoms with Crippen molar-refractivity contribution >= 4 is 29.8 Å². The van der Waals surface area contributed by atoms with E-state index in [0.29, 0.717) is 5.92 Å². The van der Waals surface area contributed by atoms with Gasteiger partial charge in [-0.3, -0.25) is 24.0 Å². The number of aliphatic hydroxyl groups is 1. The lowest BCUT2D eigenvalue weighted by Gasteiger charge is -2.46. The number of rotatable bonds is 19. The van der Waals surface area contributed by atoms with Gasteiger partial charge in [-0.25, -0.2) is 0 Å². The summed E-state index contributed by atoms with van der Waals surface area (Å²) in [6.45, 7) is 20.5. The molecule has 2 N–H and O–H groups in total. The van der Waals surface area contributed by atoms with E-state index in [0.717, 1.165) is 24.8 Å². The largest absolute Gasteiger partial charge is 0.481 e. The summed E-state index contributed by atoms with van der Waals surface area (Å²) in [6.07, 6.45) is 1.30. The molecule has 0 saturated heterocycles. The van der Waals surface area contributed by atoms with E-state index >= 15 is 0 Å². The van der Waals surface area contributed by atoms with E-state index in [2.05, 4.69) is 13.8 Å². The number of aliphatic carboxylic acids is 1. The fraction of sp³-hybridized carbons (Fsp3) is 0.750. The molecule has 3 aliphatic rings. The van der Waals surface area contributed by atoms with Gasteiger partial charge in [-0.2, -0.15) is 0 Å². The van der Waals surface area contributed by atoms with Crippen molar-refractivity contribution in [2.24, 2.45) is 44.3 Å². The number of benzene rings is 1. The molecule has 308 valence electrons. The molecule has 10 atom stereocenters. The molecule has 0 heterocycles. The van der Waals surface area contributed by atoms with Crippen LogP contribution in [0.5, 0.6) is 0 Å². The molecule has 1 aromatic carbocycles. The third-order valence-corrected chi connectivity index (χ3v) is 13.8. The standard InChI is InChI=1S/C44H66O11/c1-13-38(7,33(47)48)25-41(10,36(51)55-44-22-31-19-20-42(44,11)43(31,44)12)27-40(9,35(50)53-24-30-17-15-14-16-18-30)26-39(8,34(49)52-23-29(3)45)21-28(2)32(46)54-37(4,5)6/h14-18,28-29,31,45H,13,19-27H2,1-12H3,(H,47,48). The Morgan fingerprint density at radius 2 is 1.36 bits per heavy atom. The highest BCUT2D eigenvalue weighted by molar-refractivity contribution is 5.85. The van der Waals surface area contributed by atoms with Crippen LogP contribution in [0.3, 0.4) is 0 Å². The first-order chi connectivity index (χ1) is 25.2. The Balaban J connectivity index is 1.80. The molecule has 0 aromatic heterocycles. The highest BCUT2D eigenvalue weighted by Crippen LogP contribution is 2.92. The van der Waals surface area contributed by atoms with E-state index in [1.165, 1.54) is 6.92 Å². The van der Waals surface area contributed by atoms with Gasteiger partial charge in [0.2, 0.25) is 0 Å². The molecule has 4 rings (SSSR count). The lowest BCUT2D eigenvalue weighted by molar-refractivity contribution is -0.187. The molecular formula is C44H66O11. The van der Waals surface area contributed by atoms with Gasteiger partial charge >= 0.3 is 29.8 Å². The summed E-state index contributed by atoms with van der Waals surface area (Å²) in [5.74, 6) is -4.01. The fourth-order valence-corrected chi connectivity index (χ4v) is 10.6. The molecule has 0 amide bonds. The molecule has 11 heteroatoms. The van der Waals surface area contributed by atoms with Gasteiger partial charge in [-0.05, 0) is 118 Å². The third kappa shape index (κ3) is 8.19. The zero-order chi connectivity index (χ0) is 41.6. The number of hydrogen-bond acceptors (Lipinski definition) is 10. The lowest BCUT2D eigenvalue weighted by atomic mass is 9.60. The molecular weight excluding hydrogens is 704 g/mol. The summed E-state index contributed by atoms with van der Waals surface area (Å²) in [7, 11) is 0. The van der Waals surface area contributed by atoms with Crippen LogP contribution >= 0.6 is 0 Å². The molecule has 11 nitrogen and oxygen atoms in total. The molecule has 0 radical (unpaired) electrons. The van der Waals surface area contributed by atoms with Gasteiger partial charge < -0.3 is 29.2 Å². The highest BCUT2D eigenvalue weighted by Gasteiger charge is 2.96. The minimum atomic E-state index is -1.62. The average molecular weight is 771 g/mol. The second kappa shape index (κ2) is 15.1. The van der Waals surface area contributed by atoms with Crippen molar-refractivity contribution in [3.63, 3.8) is 0 Å². The summed E-state index contributed by atoms with van der Waals surface area (Å²) < 4.78 is 23.8. The van der Waals surface area contributed by atoms with E-state index in [1.54, 1.807) is 62.3 Å². The number of carboxylic acid groups (broad SMARTS) is 1. The van der Waals surface area contributed by atoms with Crippen LogP contribution in [0.4, 0.5) is 0 Å². The SMILES string of the molecule is CCC(C)(CC(C)(CC(C)(CC(C)(CC(C)C(=O)OC(C)(C)C)C(=O)OCC(C)O)C(=O)OCc1ccccc1)C(=O)OC12CC3CCC1(C)C32C)C(=O)O. The van der Waals surface area contributed by atoms with Crippen molar-refractivity contribution in [1.82, 2.24) is 0 Å². The summed E-state index contributed by atoms with van der Waals surface area (Å²) in [6, 6.07) is 9.10. The molecule has 55 heavy (non-hydrogen) atoms. The number of carbonyl (C=O) groups is 5. The number of ether oxygens (including phenoxy) is 4. The highest BCUT2D eigenvalue weighted by atomic mass is 16.6. The maximum absolute atomic E-state index is 14.9. The van der Waals surface area contributed by atoms with Crippen LogP contribution in [-0.2, 0) is 49.5 Å². The summed E-state index contributed by atoms with van der Waals surface area (Å²) in [5, 5.41) is 20.5. The molecule has 0 bridgehead atoms. The fourth-order valence-electron chi connectivity index (χ4n) is 10.6. The Kier molecular flexibility index (Phi) is 12.2. The normalized spacial score (nSPS) is 29.3. The van der Waals surface area contributed by atoms with Crippen molar-refractivity contribution in [3.05, 3.63) is 35.9 Å². The molecule has 1 aromatic rings. The average Bonchev–Trinajstić information content (AvgIpc) is 3.24. The van der Waals surface area contributed by atoms with Gasteiger partial charge in [0, 0.05) is 10.8 Å². The predicted octanol–water partition coefficient (Wildman–Crippen LogP) is 7.83. The van der Waals surface area contributed by atoms with Crippen molar-refractivity contribution in [2.75, 3.05) is 6.61 Å². The number of hydrogen-bond donors (Lipinski definition) is 2. The first-order valence-electron chi connectivity index (χ1n) is 19.9. The lowest BCUT2D eigenvalue weighted by Crippen LogP contribution is -2.51.